The third-order valence-electron chi connectivity index (χ3n) is 5.79. The lowest BCUT2D eigenvalue weighted by Crippen LogP contribution is -2.31. The van der Waals surface area contributed by atoms with Crippen molar-refractivity contribution in [3.8, 4) is 0 Å². The lowest BCUT2D eigenvalue weighted by Gasteiger charge is -2.30. The summed E-state index contributed by atoms with van der Waals surface area (Å²) in [7, 11) is 0. The van der Waals surface area contributed by atoms with E-state index in [9.17, 15) is 4.79 Å². The number of hydrogen-bond acceptors (Lipinski definition) is 2. The van der Waals surface area contributed by atoms with Crippen molar-refractivity contribution >= 4 is 34.8 Å². The fourth-order valence-electron chi connectivity index (χ4n) is 4.48. The number of aromatic nitrogens is 2. The second-order valence-electron chi connectivity index (χ2n) is 8.28. The number of amides is 1. The van der Waals surface area contributed by atoms with Gasteiger partial charge in [-0.2, -0.15) is 5.10 Å². The molecule has 160 valence electrons. The molecule has 1 aliphatic heterocycles. The van der Waals surface area contributed by atoms with Crippen molar-refractivity contribution < 1.29 is 4.79 Å². The van der Waals surface area contributed by atoms with E-state index < -0.39 is 0 Å². The molecule has 3 aromatic rings. The maximum atomic E-state index is 13.8. The first-order chi connectivity index (χ1) is 14.7. The number of allylic oxidation sites excluding steroid dienone is 1. The molecule has 0 saturated heterocycles. The zero-order valence-electron chi connectivity index (χ0n) is 18.1. The Morgan fingerprint density at radius 2 is 1.77 bits per heavy atom. The monoisotopic (exact) mass is 453 g/mol. The van der Waals surface area contributed by atoms with Crippen molar-refractivity contribution in [3.63, 3.8) is 0 Å². The van der Waals surface area contributed by atoms with Crippen LogP contribution in [0.4, 0.5) is 5.69 Å². The molecule has 6 heteroatoms. The van der Waals surface area contributed by atoms with Gasteiger partial charge in [0.15, 0.2) is 5.69 Å². The molecule has 4 nitrogen and oxygen atoms in total. The number of carbonyl (C=O) groups excluding carboxylic acids is 1. The van der Waals surface area contributed by atoms with Crippen LogP contribution in [0.3, 0.4) is 0 Å². The smallest absolute Gasteiger partial charge is 0.280 e. The number of hydrogen-bond donors (Lipinski definition) is 0. The summed E-state index contributed by atoms with van der Waals surface area (Å²) in [6.45, 7) is 12.7. The predicted molar refractivity (Wildman–Crippen MR) is 128 cm³/mol. The lowest BCUT2D eigenvalue weighted by molar-refractivity contribution is 0.0987. The van der Waals surface area contributed by atoms with E-state index in [1.54, 1.807) is 6.08 Å². The Hall–Kier alpha value is -2.56. The fraction of sp³-hybridized carbons (Fsp3) is 0.280. The molecule has 31 heavy (non-hydrogen) atoms. The standard InChI is InChI=1S/C25H25Cl2N3O/c1-6-11-29-23(14(2)3)21-22(28-29)25(31)30(20-13-18(27)8-7-15(20)4)24(21)19-10-9-17(26)12-16(19)5/h6-10,12-14,24H,1,11H2,2-5H3. The van der Waals surface area contributed by atoms with E-state index in [-0.39, 0.29) is 17.9 Å². The number of anilines is 1. The normalized spacial score (nSPS) is 15.6. The van der Waals surface area contributed by atoms with Gasteiger partial charge in [-0.25, -0.2) is 0 Å². The van der Waals surface area contributed by atoms with Gasteiger partial charge in [-0.3, -0.25) is 14.4 Å². The van der Waals surface area contributed by atoms with Crippen molar-refractivity contribution in [1.29, 1.82) is 0 Å². The Labute approximate surface area is 193 Å². The second kappa shape index (κ2) is 8.18. The molecule has 0 N–H and O–H groups in total. The topological polar surface area (TPSA) is 38.1 Å². The third kappa shape index (κ3) is 3.58. The van der Waals surface area contributed by atoms with E-state index in [4.69, 9.17) is 28.3 Å². The van der Waals surface area contributed by atoms with E-state index in [1.807, 2.05) is 59.8 Å². The summed E-state index contributed by atoms with van der Waals surface area (Å²) in [5.74, 6) is 0.0592. The van der Waals surface area contributed by atoms with Crippen LogP contribution in [0.15, 0.2) is 49.1 Å². The highest BCUT2D eigenvalue weighted by atomic mass is 35.5. The summed E-state index contributed by atoms with van der Waals surface area (Å²) >= 11 is 12.6. The number of benzene rings is 2. The molecule has 1 aliphatic rings. The minimum Gasteiger partial charge on any atom is -0.295 e. The molecule has 1 aromatic heterocycles. The molecular formula is C25H25Cl2N3O. The van der Waals surface area contributed by atoms with Gasteiger partial charge in [-0.05, 0) is 60.7 Å². The lowest BCUT2D eigenvalue weighted by atomic mass is 9.91. The van der Waals surface area contributed by atoms with Crippen LogP contribution in [0.25, 0.3) is 0 Å². The molecule has 0 bridgehead atoms. The number of carbonyl (C=O) groups is 1. The van der Waals surface area contributed by atoms with Crippen LogP contribution in [0.1, 0.15) is 64.2 Å². The fourth-order valence-corrected chi connectivity index (χ4v) is 4.87. The number of halogens is 2. The molecule has 0 spiro atoms. The minimum absolute atomic E-state index is 0.121. The van der Waals surface area contributed by atoms with Gasteiger partial charge in [0.05, 0.1) is 12.6 Å². The summed E-state index contributed by atoms with van der Waals surface area (Å²) in [5, 5.41) is 5.99. The Kier molecular flexibility index (Phi) is 5.71. The van der Waals surface area contributed by atoms with Gasteiger partial charge in [-0.15, -0.1) is 6.58 Å². The van der Waals surface area contributed by atoms with Crippen molar-refractivity contribution in [2.45, 2.75) is 46.2 Å². The van der Waals surface area contributed by atoms with E-state index >= 15 is 0 Å². The van der Waals surface area contributed by atoms with Crippen molar-refractivity contribution in [2.24, 2.45) is 0 Å². The highest BCUT2D eigenvalue weighted by Crippen LogP contribution is 2.47. The quantitative estimate of drug-likeness (QED) is 0.395. The van der Waals surface area contributed by atoms with Crippen LogP contribution in [0.5, 0.6) is 0 Å². The van der Waals surface area contributed by atoms with Crippen molar-refractivity contribution in [1.82, 2.24) is 9.78 Å². The average molecular weight is 454 g/mol. The number of nitrogens with zero attached hydrogens (tertiary/aromatic N) is 3. The molecule has 0 aliphatic carbocycles. The summed E-state index contributed by atoms with van der Waals surface area (Å²) in [5.41, 5.74) is 6.30. The van der Waals surface area contributed by atoms with E-state index in [1.165, 1.54) is 0 Å². The summed E-state index contributed by atoms with van der Waals surface area (Å²) in [4.78, 5) is 15.6. The Balaban J connectivity index is 2.03. The Morgan fingerprint density at radius 3 is 2.42 bits per heavy atom. The summed E-state index contributed by atoms with van der Waals surface area (Å²) in [6.07, 6.45) is 1.81. The van der Waals surface area contributed by atoms with E-state index in [0.717, 1.165) is 33.6 Å². The second-order valence-corrected chi connectivity index (χ2v) is 9.16. The van der Waals surface area contributed by atoms with Crippen LogP contribution in [-0.4, -0.2) is 15.7 Å². The van der Waals surface area contributed by atoms with Crippen LogP contribution >= 0.6 is 23.2 Å². The maximum absolute atomic E-state index is 13.8. The first-order valence-electron chi connectivity index (χ1n) is 10.3. The molecule has 2 aromatic carbocycles. The number of rotatable bonds is 5. The first kappa shape index (κ1) is 21.7. The molecule has 0 fully saturated rings. The van der Waals surface area contributed by atoms with Gasteiger partial charge in [-0.1, -0.05) is 55.3 Å². The van der Waals surface area contributed by atoms with Crippen molar-refractivity contribution in [2.75, 3.05) is 4.90 Å². The summed E-state index contributed by atoms with van der Waals surface area (Å²) in [6, 6.07) is 11.1. The highest BCUT2D eigenvalue weighted by molar-refractivity contribution is 6.31. The molecule has 0 saturated carbocycles. The predicted octanol–water partition coefficient (Wildman–Crippen LogP) is 6.87. The maximum Gasteiger partial charge on any atom is 0.280 e. The van der Waals surface area contributed by atoms with Crippen LogP contribution in [0, 0.1) is 13.8 Å². The van der Waals surface area contributed by atoms with Crippen LogP contribution in [-0.2, 0) is 6.54 Å². The van der Waals surface area contributed by atoms with Gasteiger partial charge in [0, 0.05) is 27.0 Å². The average Bonchev–Trinajstić information content (AvgIpc) is 3.19. The van der Waals surface area contributed by atoms with Crippen LogP contribution in [0.2, 0.25) is 10.0 Å². The molecule has 4 rings (SSSR count). The van der Waals surface area contributed by atoms with E-state index in [0.29, 0.717) is 22.3 Å². The van der Waals surface area contributed by atoms with Gasteiger partial charge in [0.2, 0.25) is 0 Å². The Morgan fingerprint density at radius 1 is 1.10 bits per heavy atom. The zero-order chi connectivity index (χ0) is 22.4. The van der Waals surface area contributed by atoms with Crippen molar-refractivity contribution in [3.05, 3.63) is 92.7 Å². The van der Waals surface area contributed by atoms with Gasteiger partial charge in [0.1, 0.15) is 0 Å². The van der Waals surface area contributed by atoms with Gasteiger partial charge < -0.3 is 0 Å². The molecule has 1 atom stereocenters. The molecule has 1 unspecified atom stereocenters. The molecular weight excluding hydrogens is 429 g/mol. The molecule has 0 radical (unpaired) electrons. The summed E-state index contributed by atoms with van der Waals surface area (Å²) < 4.78 is 1.90. The minimum atomic E-state index is -0.312. The molecule has 1 amide bonds. The van der Waals surface area contributed by atoms with Gasteiger partial charge in [0.25, 0.3) is 5.91 Å². The largest absolute Gasteiger partial charge is 0.295 e. The van der Waals surface area contributed by atoms with Gasteiger partial charge >= 0.3 is 0 Å². The SMILES string of the molecule is C=CCn1nc2c(c1C(C)C)C(c1ccc(Cl)cc1C)N(c1cc(Cl)ccc1C)C2=O. The molecule has 2 heterocycles. The van der Waals surface area contributed by atoms with E-state index in [2.05, 4.69) is 20.4 Å². The third-order valence-corrected chi connectivity index (χ3v) is 6.26. The van der Waals surface area contributed by atoms with Crippen LogP contribution < -0.4 is 4.90 Å². The number of aryl methyl sites for hydroxylation is 2. The number of fused-ring (bicyclic) bond motifs is 1. The zero-order valence-corrected chi connectivity index (χ0v) is 19.6. The first-order valence-corrected chi connectivity index (χ1v) is 11.1. The Bertz CT molecular complexity index is 1200. The highest BCUT2D eigenvalue weighted by Gasteiger charge is 2.45.